The van der Waals surface area contributed by atoms with Gasteiger partial charge in [0.1, 0.15) is 18.3 Å². The quantitative estimate of drug-likeness (QED) is 0.469. The first-order chi connectivity index (χ1) is 12.5. The van der Waals surface area contributed by atoms with Crippen LogP contribution in [0.4, 0.5) is 0 Å². The van der Waals surface area contributed by atoms with E-state index in [0.717, 1.165) is 5.56 Å². The van der Waals surface area contributed by atoms with Gasteiger partial charge in [0.25, 0.3) is 5.91 Å². The molecule has 0 fully saturated rings. The monoisotopic (exact) mass is 357 g/mol. The highest BCUT2D eigenvalue weighted by molar-refractivity contribution is 5.97. The van der Waals surface area contributed by atoms with E-state index in [1.807, 2.05) is 30.3 Å². The van der Waals surface area contributed by atoms with Crippen LogP contribution in [0.5, 0.6) is 0 Å². The standard InChI is InChI=1S/C18H19N3O5/c1-26-16(23)10-19-17(24)15(9-12-5-3-2-4-6-12)21-18(25)14-8-7-13(11-22)20-14/h2-8,11,15,20H,9-10H2,1H3,(H,19,24)(H,21,25)/t15-/m0/s1. The van der Waals surface area contributed by atoms with Gasteiger partial charge in [0.05, 0.1) is 12.8 Å². The molecule has 8 heteroatoms. The van der Waals surface area contributed by atoms with Gasteiger partial charge in [0.2, 0.25) is 5.91 Å². The van der Waals surface area contributed by atoms with E-state index in [0.29, 0.717) is 6.29 Å². The molecule has 2 aromatic rings. The fraction of sp³-hybridized carbons (Fsp3) is 0.222. The number of rotatable bonds is 8. The molecule has 0 aliphatic rings. The van der Waals surface area contributed by atoms with E-state index in [-0.39, 0.29) is 24.4 Å². The Labute approximate surface area is 149 Å². The molecular formula is C18H19N3O5. The highest BCUT2D eigenvalue weighted by Crippen LogP contribution is 2.06. The number of H-pyrrole nitrogens is 1. The molecular weight excluding hydrogens is 338 g/mol. The maximum atomic E-state index is 12.4. The molecule has 2 rings (SSSR count). The highest BCUT2D eigenvalue weighted by atomic mass is 16.5. The van der Waals surface area contributed by atoms with E-state index in [2.05, 4.69) is 20.4 Å². The van der Waals surface area contributed by atoms with Gasteiger partial charge in [-0.05, 0) is 17.7 Å². The van der Waals surface area contributed by atoms with Crippen molar-refractivity contribution in [1.29, 1.82) is 0 Å². The number of methoxy groups -OCH3 is 1. The Bertz CT molecular complexity index is 785. The number of aldehydes is 1. The van der Waals surface area contributed by atoms with Crippen LogP contribution in [0.2, 0.25) is 0 Å². The van der Waals surface area contributed by atoms with Crippen molar-refractivity contribution >= 4 is 24.1 Å². The van der Waals surface area contributed by atoms with E-state index >= 15 is 0 Å². The van der Waals surface area contributed by atoms with Gasteiger partial charge in [-0.1, -0.05) is 30.3 Å². The van der Waals surface area contributed by atoms with Gasteiger partial charge >= 0.3 is 5.97 Å². The smallest absolute Gasteiger partial charge is 0.325 e. The lowest BCUT2D eigenvalue weighted by Gasteiger charge is -2.18. The average molecular weight is 357 g/mol. The van der Waals surface area contributed by atoms with Crippen LogP contribution in [-0.2, 0) is 20.7 Å². The van der Waals surface area contributed by atoms with Crippen LogP contribution in [0, 0.1) is 0 Å². The van der Waals surface area contributed by atoms with Crippen LogP contribution in [0.3, 0.4) is 0 Å². The molecule has 0 radical (unpaired) electrons. The van der Waals surface area contributed by atoms with Crippen LogP contribution in [0.15, 0.2) is 42.5 Å². The van der Waals surface area contributed by atoms with Crippen LogP contribution < -0.4 is 10.6 Å². The number of hydrogen-bond donors (Lipinski definition) is 3. The fourth-order valence-electron chi connectivity index (χ4n) is 2.26. The molecule has 1 heterocycles. The molecule has 1 aromatic heterocycles. The topological polar surface area (TPSA) is 117 Å². The number of nitrogens with one attached hydrogen (secondary N) is 3. The van der Waals surface area contributed by atoms with Gasteiger partial charge in [-0.3, -0.25) is 19.2 Å². The SMILES string of the molecule is COC(=O)CNC(=O)[C@H](Cc1ccccc1)NC(=O)c1ccc(C=O)[nH]1. The summed E-state index contributed by atoms with van der Waals surface area (Å²) in [4.78, 5) is 49.3. The zero-order chi connectivity index (χ0) is 18.9. The van der Waals surface area contributed by atoms with E-state index in [1.165, 1.54) is 19.2 Å². The maximum absolute atomic E-state index is 12.4. The second kappa shape index (κ2) is 9.16. The van der Waals surface area contributed by atoms with Crippen molar-refractivity contribution in [2.24, 2.45) is 0 Å². The molecule has 2 amide bonds. The molecule has 0 saturated heterocycles. The van der Waals surface area contributed by atoms with E-state index < -0.39 is 23.8 Å². The number of ether oxygens (including phenoxy) is 1. The molecule has 1 atom stereocenters. The van der Waals surface area contributed by atoms with Crippen molar-refractivity contribution in [2.45, 2.75) is 12.5 Å². The van der Waals surface area contributed by atoms with Crippen molar-refractivity contribution in [2.75, 3.05) is 13.7 Å². The van der Waals surface area contributed by atoms with Gasteiger partial charge in [-0.25, -0.2) is 0 Å². The maximum Gasteiger partial charge on any atom is 0.325 e. The minimum atomic E-state index is -0.905. The molecule has 0 spiro atoms. The molecule has 0 aliphatic heterocycles. The highest BCUT2D eigenvalue weighted by Gasteiger charge is 2.23. The Morgan fingerprint density at radius 2 is 1.88 bits per heavy atom. The number of aromatic nitrogens is 1. The first-order valence-corrected chi connectivity index (χ1v) is 7.87. The molecule has 3 N–H and O–H groups in total. The summed E-state index contributed by atoms with van der Waals surface area (Å²) >= 11 is 0. The molecule has 0 bridgehead atoms. The molecule has 0 aliphatic carbocycles. The lowest BCUT2D eigenvalue weighted by molar-refractivity contribution is -0.141. The van der Waals surface area contributed by atoms with Gasteiger partial charge in [-0.15, -0.1) is 0 Å². The number of esters is 1. The number of carbonyl (C=O) groups excluding carboxylic acids is 4. The van der Waals surface area contributed by atoms with Crippen molar-refractivity contribution in [3.63, 3.8) is 0 Å². The van der Waals surface area contributed by atoms with Crippen molar-refractivity contribution in [3.8, 4) is 0 Å². The van der Waals surface area contributed by atoms with Gasteiger partial charge < -0.3 is 20.4 Å². The molecule has 26 heavy (non-hydrogen) atoms. The molecule has 1 aromatic carbocycles. The van der Waals surface area contributed by atoms with E-state index in [1.54, 1.807) is 0 Å². The van der Waals surface area contributed by atoms with Crippen molar-refractivity contribution in [3.05, 3.63) is 59.4 Å². The Hall–Kier alpha value is -3.42. The zero-order valence-electron chi connectivity index (χ0n) is 14.2. The minimum absolute atomic E-state index is 0.158. The molecule has 136 valence electrons. The summed E-state index contributed by atoms with van der Waals surface area (Å²) in [6.07, 6.45) is 0.822. The number of hydrogen-bond acceptors (Lipinski definition) is 5. The zero-order valence-corrected chi connectivity index (χ0v) is 14.2. The summed E-state index contributed by atoms with van der Waals surface area (Å²) in [5.41, 5.74) is 1.25. The van der Waals surface area contributed by atoms with Crippen LogP contribution in [-0.4, -0.2) is 48.8 Å². The predicted molar refractivity (Wildman–Crippen MR) is 92.6 cm³/mol. The van der Waals surface area contributed by atoms with Crippen LogP contribution in [0.25, 0.3) is 0 Å². The number of benzene rings is 1. The first kappa shape index (κ1) is 18.9. The van der Waals surface area contributed by atoms with Gasteiger partial charge in [0, 0.05) is 6.42 Å². The molecule has 0 saturated carbocycles. The predicted octanol–water partition coefficient (Wildman–Crippen LogP) is 0.457. The normalized spacial score (nSPS) is 11.3. The molecule has 0 unspecified atom stereocenters. The van der Waals surface area contributed by atoms with Gasteiger partial charge in [-0.2, -0.15) is 0 Å². The van der Waals surface area contributed by atoms with Crippen LogP contribution >= 0.6 is 0 Å². The summed E-state index contributed by atoms with van der Waals surface area (Å²) in [5, 5.41) is 5.04. The average Bonchev–Trinajstić information content (AvgIpc) is 3.15. The summed E-state index contributed by atoms with van der Waals surface area (Å²) in [6.45, 7) is -0.297. The summed E-state index contributed by atoms with van der Waals surface area (Å²) in [5.74, 6) is -1.65. The number of amides is 2. The first-order valence-electron chi connectivity index (χ1n) is 7.87. The number of aromatic amines is 1. The van der Waals surface area contributed by atoms with E-state index in [4.69, 9.17) is 0 Å². The second-order valence-electron chi connectivity index (χ2n) is 5.45. The third-order valence-corrected chi connectivity index (χ3v) is 3.62. The Kier molecular flexibility index (Phi) is 6.67. The van der Waals surface area contributed by atoms with Crippen molar-refractivity contribution < 1.29 is 23.9 Å². The summed E-state index contributed by atoms with van der Waals surface area (Å²) < 4.78 is 4.49. The van der Waals surface area contributed by atoms with Gasteiger partial charge in [0.15, 0.2) is 6.29 Å². The summed E-state index contributed by atoms with van der Waals surface area (Å²) in [6, 6.07) is 11.1. The Balaban J connectivity index is 2.10. The largest absolute Gasteiger partial charge is 0.468 e. The van der Waals surface area contributed by atoms with Crippen molar-refractivity contribution in [1.82, 2.24) is 15.6 Å². The minimum Gasteiger partial charge on any atom is -0.468 e. The second-order valence-corrected chi connectivity index (χ2v) is 5.45. The van der Waals surface area contributed by atoms with E-state index in [9.17, 15) is 19.2 Å². The molecule has 8 nitrogen and oxygen atoms in total. The third-order valence-electron chi connectivity index (χ3n) is 3.62. The number of carbonyl (C=O) groups is 4. The van der Waals surface area contributed by atoms with Crippen LogP contribution in [0.1, 0.15) is 26.5 Å². The lowest BCUT2D eigenvalue weighted by atomic mass is 10.0. The Morgan fingerprint density at radius 1 is 1.15 bits per heavy atom. The lowest BCUT2D eigenvalue weighted by Crippen LogP contribution is -2.49. The Morgan fingerprint density at radius 3 is 2.50 bits per heavy atom. The fourth-order valence-corrected chi connectivity index (χ4v) is 2.26. The third kappa shape index (κ3) is 5.30. The summed E-state index contributed by atoms with van der Waals surface area (Å²) in [7, 11) is 1.22.